The first-order chi connectivity index (χ1) is 18.3. The van der Waals surface area contributed by atoms with E-state index >= 15 is 0 Å². The second-order valence-electron chi connectivity index (χ2n) is 9.47. The molecule has 1 aromatic heterocycles. The fourth-order valence-electron chi connectivity index (χ4n) is 4.35. The molecule has 0 saturated heterocycles. The summed E-state index contributed by atoms with van der Waals surface area (Å²) in [5.41, 5.74) is 1.35. The first-order valence-electron chi connectivity index (χ1n) is 12.8. The van der Waals surface area contributed by atoms with Crippen LogP contribution in [0.25, 0.3) is 10.8 Å². The minimum atomic E-state index is -1.04. The van der Waals surface area contributed by atoms with E-state index in [0.717, 1.165) is 22.8 Å². The van der Waals surface area contributed by atoms with Gasteiger partial charge in [0.25, 0.3) is 5.91 Å². The summed E-state index contributed by atoms with van der Waals surface area (Å²) in [5.74, 6) is -0.929. The zero-order valence-corrected chi connectivity index (χ0v) is 23.0. The summed E-state index contributed by atoms with van der Waals surface area (Å²) in [6.07, 6.45) is 6.08. The Hall–Kier alpha value is -3.37. The van der Waals surface area contributed by atoms with Crippen LogP contribution < -0.4 is 10.6 Å². The third kappa shape index (κ3) is 8.32. The number of nitrogens with one attached hydrogen (secondary N) is 3. The third-order valence-electron chi connectivity index (χ3n) is 6.72. The molecule has 1 heterocycles. The molecule has 0 fully saturated rings. The zero-order chi connectivity index (χ0) is 27.5. The second-order valence-corrected chi connectivity index (χ2v) is 10.5. The van der Waals surface area contributed by atoms with Gasteiger partial charge in [-0.1, -0.05) is 62.7 Å². The number of aromatic amines is 1. The number of amides is 2. The highest BCUT2D eigenvalue weighted by atomic mass is 32.2. The molecular weight excluding hydrogens is 502 g/mol. The molecule has 9 nitrogen and oxygen atoms in total. The molecule has 2 aromatic carbocycles. The highest BCUT2D eigenvalue weighted by Gasteiger charge is 2.26. The van der Waals surface area contributed by atoms with Crippen LogP contribution in [0.2, 0.25) is 0 Å². The van der Waals surface area contributed by atoms with E-state index in [9.17, 15) is 19.5 Å². The molecule has 3 rings (SSSR count). The normalized spacial score (nSPS) is 13.7. The topological polar surface area (TPSA) is 127 Å². The Morgan fingerprint density at radius 1 is 1.13 bits per heavy atom. The first kappa shape index (κ1) is 29.2. The monoisotopic (exact) mass is 539 g/mol. The number of fused-ring (bicyclic) bond motifs is 1. The van der Waals surface area contributed by atoms with E-state index in [4.69, 9.17) is 0 Å². The summed E-state index contributed by atoms with van der Waals surface area (Å²) in [7, 11) is 0. The minimum Gasteiger partial charge on any atom is -0.480 e. The molecule has 0 aliphatic carbocycles. The molecular formula is C28H37N5O4S. The van der Waals surface area contributed by atoms with Gasteiger partial charge in [-0.3, -0.25) is 14.5 Å². The Labute approximate surface area is 227 Å². The quantitative estimate of drug-likeness (QED) is 0.233. The van der Waals surface area contributed by atoms with Gasteiger partial charge in [0.15, 0.2) is 0 Å². The Balaban J connectivity index is 1.84. The van der Waals surface area contributed by atoms with Crippen molar-refractivity contribution in [2.75, 3.05) is 25.1 Å². The lowest BCUT2D eigenvalue weighted by Crippen LogP contribution is -2.51. The van der Waals surface area contributed by atoms with Gasteiger partial charge in [-0.25, -0.2) is 9.78 Å². The van der Waals surface area contributed by atoms with Crippen molar-refractivity contribution >= 4 is 40.3 Å². The summed E-state index contributed by atoms with van der Waals surface area (Å²) in [4.78, 5) is 46.5. The van der Waals surface area contributed by atoms with Gasteiger partial charge in [-0.05, 0) is 40.7 Å². The predicted molar refractivity (Wildman–Crippen MR) is 151 cm³/mol. The predicted octanol–water partition coefficient (Wildman–Crippen LogP) is 3.53. The molecule has 0 aliphatic heterocycles. The SMILES string of the molecule is CC[C@H](C)[C@@H](CN(CC(=O)N[C@@H](CCSC)C(=O)O)Cc1cccc2ccccc12)NC(=O)c1c[nH]cn1. The molecule has 0 saturated carbocycles. The van der Waals surface area contributed by atoms with Gasteiger partial charge in [-0.2, -0.15) is 11.8 Å². The largest absolute Gasteiger partial charge is 0.480 e. The number of H-pyrrole nitrogens is 1. The van der Waals surface area contributed by atoms with Gasteiger partial charge in [0.05, 0.1) is 12.9 Å². The fraction of sp³-hybridized carbons (Fsp3) is 0.429. The number of carbonyl (C=O) groups is 3. The summed E-state index contributed by atoms with van der Waals surface area (Å²) in [5, 5.41) is 17.6. The number of benzene rings is 2. The average Bonchev–Trinajstić information content (AvgIpc) is 3.45. The number of thioether (sulfide) groups is 1. The van der Waals surface area contributed by atoms with E-state index in [1.54, 1.807) is 6.20 Å². The van der Waals surface area contributed by atoms with E-state index in [-0.39, 0.29) is 30.3 Å². The number of nitrogens with zero attached hydrogens (tertiary/aromatic N) is 2. The van der Waals surface area contributed by atoms with Crippen molar-refractivity contribution in [1.82, 2.24) is 25.5 Å². The number of aliphatic carboxylic acids is 1. The van der Waals surface area contributed by atoms with Crippen molar-refractivity contribution in [3.63, 3.8) is 0 Å². The van der Waals surface area contributed by atoms with Crippen LogP contribution in [0.5, 0.6) is 0 Å². The molecule has 0 unspecified atom stereocenters. The maximum absolute atomic E-state index is 13.1. The zero-order valence-electron chi connectivity index (χ0n) is 22.1. The van der Waals surface area contributed by atoms with E-state index in [0.29, 0.717) is 31.0 Å². The van der Waals surface area contributed by atoms with Crippen molar-refractivity contribution in [1.29, 1.82) is 0 Å². The van der Waals surface area contributed by atoms with Crippen LogP contribution in [0.3, 0.4) is 0 Å². The van der Waals surface area contributed by atoms with Gasteiger partial charge in [0.2, 0.25) is 5.91 Å². The van der Waals surface area contributed by atoms with Gasteiger partial charge in [0.1, 0.15) is 11.7 Å². The molecule has 38 heavy (non-hydrogen) atoms. The molecule has 3 atom stereocenters. The van der Waals surface area contributed by atoms with Crippen LogP contribution in [-0.2, 0) is 16.1 Å². The molecule has 204 valence electrons. The van der Waals surface area contributed by atoms with Gasteiger partial charge in [-0.15, -0.1) is 0 Å². The van der Waals surface area contributed by atoms with Crippen LogP contribution in [-0.4, -0.2) is 74.9 Å². The highest BCUT2D eigenvalue weighted by Crippen LogP contribution is 2.21. The highest BCUT2D eigenvalue weighted by molar-refractivity contribution is 7.98. The van der Waals surface area contributed by atoms with Crippen LogP contribution in [0, 0.1) is 5.92 Å². The molecule has 2 amide bonds. The van der Waals surface area contributed by atoms with Gasteiger partial charge in [0, 0.05) is 25.3 Å². The van der Waals surface area contributed by atoms with Crippen molar-refractivity contribution < 1.29 is 19.5 Å². The summed E-state index contributed by atoms with van der Waals surface area (Å²) in [6, 6.07) is 12.9. The fourth-order valence-corrected chi connectivity index (χ4v) is 4.82. The van der Waals surface area contributed by atoms with E-state index in [1.165, 1.54) is 18.1 Å². The number of carbonyl (C=O) groups excluding carboxylic acids is 2. The number of imidazole rings is 1. The lowest BCUT2D eigenvalue weighted by Gasteiger charge is -2.31. The third-order valence-corrected chi connectivity index (χ3v) is 7.36. The molecule has 4 N–H and O–H groups in total. The minimum absolute atomic E-state index is 0.00250. The number of rotatable bonds is 15. The number of carboxylic acid groups (broad SMARTS) is 1. The first-order valence-corrected chi connectivity index (χ1v) is 14.2. The van der Waals surface area contributed by atoms with E-state index in [2.05, 4.69) is 40.5 Å². The number of aromatic nitrogens is 2. The van der Waals surface area contributed by atoms with E-state index in [1.807, 2.05) is 47.6 Å². The number of hydrogen-bond donors (Lipinski definition) is 4. The number of carboxylic acids is 1. The summed E-state index contributed by atoms with van der Waals surface area (Å²) < 4.78 is 0. The summed E-state index contributed by atoms with van der Waals surface area (Å²) >= 11 is 1.54. The Morgan fingerprint density at radius 3 is 2.58 bits per heavy atom. The molecule has 0 aliphatic rings. The Morgan fingerprint density at radius 2 is 1.89 bits per heavy atom. The van der Waals surface area contributed by atoms with Crippen molar-refractivity contribution in [2.24, 2.45) is 5.92 Å². The molecule has 3 aromatic rings. The molecule has 0 spiro atoms. The van der Waals surface area contributed by atoms with Crippen LogP contribution in [0.15, 0.2) is 55.0 Å². The second kappa shape index (κ2) is 14.5. The molecule has 0 radical (unpaired) electrons. The maximum Gasteiger partial charge on any atom is 0.326 e. The van der Waals surface area contributed by atoms with Crippen LogP contribution >= 0.6 is 11.8 Å². The maximum atomic E-state index is 13.1. The van der Waals surface area contributed by atoms with Crippen LogP contribution in [0.4, 0.5) is 0 Å². The molecule has 0 bridgehead atoms. The van der Waals surface area contributed by atoms with Crippen LogP contribution in [0.1, 0.15) is 42.7 Å². The number of hydrogen-bond acceptors (Lipinski definition) is 6. The van der Waals surface area contributed by atoms with Gasteiger partial charge < -0.3 is 20.7 Å². The molecule has 10 heteroatoms. The lowest BCUT2D eigenvalue weighted by atomic mass is 9.97. The Kier molecular flexibility index (Phi) is 11.2. The lowest BCUT2D eigenvalue weighted by molar-refractivity contribution is -0.142. The van der Waals surface area contributed by atoms with Crippen molar-refractivity contribution in [2.45, 2.75) is 45.3 Å². The van der Waals surface area contributed by atoms with Gasteiger partial charge >= 0.3 is 5.97 Å². The van der Waals surface area contributed by atoms with E-state index < -0.39 is 12.0 Å². The Bertz CT molecular complexity index is 1200. The summed E-state index contributed by atoms with van der Waals surface area (Å²) in [6.45, 7) is 4.99. The smallest absolute Gasteiger partial charge is 0.326 e. The standard InChI is InChI=1S/C28H37N5O4S/c1-4-19(2)25(32-27(35)24-14-29-18-30-24)16-33(17-26(34)31-23(28(36)37)12-13-38-3)15-21-10-7-9-20-8-5-6-11-22(20)21/h5-11,14,18-19,23,25H,4,12-13,15-17H2,1-3H3,(H,29,30)(H,31,34)(H,32,35)(H,36,37)/t19-,23-,25+/m0/s1. The average molecular weight is 540 g/mol. The van der Waals surface area contributed by atoms with Crippen molar-refractivity contribution in [3.05, 3.63) is 66.2 Å². The van der Waals surface area contributed by atoms with Crippen molar-refractivity contribution in [3.8, 4) is 0 Å².